The van der Waals surface area contributed by atoms with Crippen molar-refractivity contribution in [1.29, 1.82) is 0 Å². The van der Waals surface area contributed by atoms with Gasteiger partial charge in [-0.05, 0) is 0 Å². The summed E-state index contributed by atoms with van der Waals surface area (Å²) in [6, 6.07) is 0. The van der Waals surface area contributed by atoms with Gasteiger partial charge in [-0.15, -0.1) is 0 Å². The third-order valence-electron chi connectivity index (χ3n) is 6.20. The molecular weight excluding hydrogens is 880 g/mol. The minimum absolute atomic E-state index is 0.0229. The Morgan fingerprint density at radius 1 is 0.274 bits per heavy atom. The van der Waals surface area contributed by atoms with Crippen LogP contribution in [0, 0.1) is 0 Å². The van der Waals surface area contributed by atoms with Gasteiger partial charge in [0.05, 0.1) is 185 Å². The number of rotatable bonds is 44. The monoisotopic (exact) mass is 960 g/mol. The van der Waals surface area contributed by atoms with Gasteiger partial charge in [0.1, 0.15) is 0 Å². The van der Waals surface area contributed by atoms with Gasteiger partial charge in [0, 0.05) is 28.4 Å². The van der Waals surface area contributed by atoms with Crippen molar-refractivity contribution in [2.45, 2.75) is 25.2 Å². The third kappa shape index (κ3) is 66.2. The molecular formula is C36H80O25Ti. The van der Waals surface area contributed by atoms with E-state index in [0.717, 1.165) is 20.4 Å². The zero-order valence-electron chi connectivity index (χ0n) is 37.1. The molecule has 0 bridgehead atoms. The minimum atomic E-state index is -0.584. The van der Waals surface area contributed by atoms with Gasteiger partial charge in [-0.1, -0.05) is 0 Å². The van der Waals surface area contributed by atoms with Gasteiger partial charge in [0.25, 0.3) is 0 Å². The Labute approximate surface area is 378 Å². The zero-order chi connectivity index (χ0) is 47.4. The molecule has 0 amide bonds. The maximum absolute atomic E-state index is 8.69. The molecule has 26 heteroatoms. The molecule has 0 aromatic carbocycles. The van der Waals surface area contributed by atoms with Crippen molar-refractivity contribution in [3.63, 3.8) is 0 Å². The first-order valence-corrected chi connectivity index (χ1v) is 20.3. The summed E-state index contributed by atoms with van der Waals surface area (Å²) in [5.41, 5.74) is 0. The number of hydrogen-bond acceptors (Lipinski definition) is 25. The Hall–Kier alpha value is -0.446. The molecule has 0 radical (unpaired) electrons. The van der Waals surface area contributed by atoms with Crippen LogP contribution in [0.4, 0.5) is 0 Å². The quantitative estimate of drug-likeness (QED) is 0.0163. The van der Waals surface area contributed by atoms with Gasteiger partial charge in [0.2, 0.25) is 0 Å². The van der Waals surface area contributed by atoms with Crippen LogP contribution in [0.25, 0.3) is 0 Å². The topological polar surface area (TPSA) is 327 Å². The Bertz CT molecular complexity index is 604. The SMILES string of the molecule is COC(CO)OCCOCCOCCO.COC(CO)OCCOCCOCCO.COC(CO)OCCOCCOCCO.COC(CO)OCCOCCOCCO.[O]=[Ti]. The van der Waals surface area contributed by atoms with Crippen LogP contribution in [0.5, 0.6) is 0 Å². The summed E-state index contributed by atoms with van der Waals surface area (Å²) in [6.45, 7) is 7.49. The second kappa shape index (κ2) is 69.6. The maximum atomic E-state index is 8.69. The van der Waals surface area contributed by atoms with E-state index in [1.165, 1.54) is 28.4 Å². The molecule has 0 aliphatic rings. The van der Waals surface area contributed by atoms with Crippen molar-refractivity contribution in [3.05, 3.63) is 0 Å². The molecule has 0 saturated carbocycles. The molecule has 0 aromatic rings. The van der Waals surface area contributed by atoms with Crippen LogP contribution in [-0.2, 0) is 99.5 Å². The van der Waals surface area contributed by atoms with E-state index in [1.54, 1.807) is 0 Å². The van der Waals surface area contributed by atoms with Crippen LogP contribution in [0.2, 0.25) is 0 Å². The molecule has 0 aliphatic carbocycles. The van der Waals surface area contributed by atoms with Crippen LogP contribution in [0.15, 0.2) is 0 Å². The Morgan fingerprint density at radius 2 is 0.419 bits per heavy atom. The summed E-state index contributed by atoms with van der Waals surface area (Å²) in [6.07, 6.45) is -2.34. The van der Waals surface area contributed by atoms with E-state index in [0.29, 0.717) is 132 Å². The fourth-order valence-electron chi connectivity index (χ4n) is 3.28. The number of aliphatic hydroxyl groups excluding tert-OH is 8. The Morgan fingerprint density at radius 3 is 0.548 bits per heavy atom. The summed E-state index contributed by atoms with van der Waals surface area (Å²) < 4.78 is 88.2. The van der Waals surface area contributed by atoms with Crippen LogP contribution in [-0.4, -0.2) is 279 Å². The second-order valence-corrected chi connectivity index (χ2v) is 10.7. The van der Waals surface area contributed by atoms with E-state index in [2.05, 4.69) is 0 Å². The van der Waals surface area contributed by atoms with E-state index in [4.69, 9.17) is 120 Å². The fraction of sp³-hybridized carbons (Fsp3) is 1.00. The summed E-state index contributed by atoms with van der Waals surface area (Å²) >= 11 is 0.750. The van der Waals surface area contributed by atoms with Gasteiger partial charge >= 0.3 is 23.7 Å². The summed E-state index contributed by atoms with van der Waals surface area (Å²) in [4.78, 5) is 0. The zero-order valence-corrected chi connectivity index (χ0v) is 38.7. The van der Waals surface area contributed by atoms with Crippen molar-refractivity contribution >= 4 is 0 Å². The van der Waals surface area contributed by atoms with E-state index >= 15 is 0 Å². The molecule has 4 atom stereocenters. The van der Waals surface area contributed by atoms with Gasteiger partial charge < -0.3 is 117 Å². The Balaban J connectivity index is -0.000000230. The summed E-state index contributed by atoms with van der Waals surface area (Å²) in [5, 5.41) is 68.4. The van der Waals surface area contributed by atoms with E-state index in [1.807, 2.05) is 0 Å². The standard InChI is InChI=1S/4C9H20O6.O.Ti/c4*1-12-9(8-11)15-7-6-14-5-4-13-3-2-10;;/h4*9-11H,2-8H2,1H3;;. The van der Waals surface area contributed by atoms with Crippen molar-refractivity contribution in [1.82, 2.24) is 0 Å². The normalized spacial score (nSPS) is 12.6. The average molecular weight is 961 g/mol. The molecule has 0 heterocycles. The molecule has 0 fully saturated rings. The molecule has 378 valence electrons. The van der Waals surface area contributed by atoms with Gasteiger partial charge in [-0.25, -0.2) is 0 Å². The van der Waals surface area contributed by atoms with Gasteiger partial charge in [-0.3, -0.25) is 0 Å². The summed E-state index contributed by atoms with van der Waals surface area (Å²) in [5.74, 6) is 0. The van der Waals surface area contributed by atoms with Crippen molar-refractivity contribution < 1.29 is 140 Å². The molecule has 0 aromatic heterocycles. The van der Waals surface area contributed by atoms with Crippen LogP contribution in [0.1, 0.15) is 0 Å². The van der Waals surface area contributed by atoms with E-state index in [9.17, 15) is 0 Å². The van der Waals surface area contributed by atoms with Crippen molar-refractivity contribution in [2.24, 2.45) is 0 Å². The summed E-state index contributed by atoms with van der Waals surface area (Å²) in [7, 11) is 5.85. The van der Waals surface area contributed by atoms with Gasteiger partial charge in [0.15, 0.2) is 25.2 Å². The first-order valence-electron chi connectivity index (χ1n) is 19.7. The molecule has 25 nitrogen and oxygen atoms in total. The van der Waals surface area contributed by atoms with Crippen molar-refractivity contribution in [2.75, 3.05) is 213 Å². The third-order valence-corrected chi connectivity index (χ3v) is 6.20. The molecule has 0 aliphatic heterocycles. The Kier molecular flexibility index (Phi) is 79.2. The molecule has 8 N–H and O–H groups in total. The van der Waals surface area contributed by atoms with Crippen LogP contribution < -0.4 is 0 Å². The molecule has 0 saturated heterocycles. The molecule has 62 heavy (non-hydrogen) atoms. The number of aliphatic hydroxyl groups is 8. The van der Waals surface area contributed by atoms with E-state index in [-0.39, 0.29) is 52.9 Å². The first-order chi connectivity index (χ1) is 30.4. The van der Waals surface area contributed by atoms with Crippen molar-refractivity contribution in [3.8, 4) is 0 Å². The predicted octanol–water partition coefficient (Wildman–Crippen LogP) is -4.15. The second-order valence-electron chi connectivity index (χ2n) is 10.7. The number of ether oxygens (including phenoxy) is 16. The first kappa shape index (κ1) is 70.6. The molecule has 0 rings (SSSR count). The predicted molar refractivity (Wildman–Crippen MR) is 211 cm³/mol. The van der Waals surface area contributed by atoms with Crippen LogP contribution in [0.3, 0.4) is 0 Å². The number of methoxy groups -OCH3 is 4. The molecule has 4 unspecified atom stereocenters. The average Bonchev–Trinajstić information content (AvgIpc) is 3.31. The van der Waals surface area contributed by atoms with Crippen LogP contribution >= 0.6 is 0 Å². The van der Waals surface area contributed by atoms with E-state index < -0.39 is 25.2 Å². The fourth-order valence-corrected chi connectivity index (χ4v) is 3.28. The number of hydrogen-bond donors (Lipinski definition) is 8. The van der Waals surface area contributed by atoms with Gasteiger partial charge in [-0.2, -0.15) is 0 Å². The molecule has 0 spiro atoms.